The fourth-order valence-electron chi connectivity index (χ4n) is 2.54. The van der Waals surface area contributed by atoms with Gasteiger partial charge in [-0.3, -0.25) is 10.1 Å². The predicted molar refractivity (Wildman–Crippen MR) is 76.4 cm³/mol. The zero-order valence-corrected chi connectivity index (χ0v) is 11.3. The first-order chi connectivity index (χ1) is 9.20. The number of piperidine rings is 1. The van der Waals surface area contributed by atoms with Crippen LogP contribution in [0.4, 0.5) is 11.4 Å². The number of likely N-dealkylation sites (tertiary alicyclic amines) is 1. The third-order valence-corrected chi connectivity index (χ3v) is 3.84. The highest BCUT2D eigenvalue weighted by Crippen LogP contribution is 2.25. The molecule has 1 aromatic rings. The summed E-state index contributed by atoms with van der Waals surface area (Å²) in [7, 11) is 0. The zero-order chi connectivity index (χ0) is 13.7. The molecule has 0 unspecified atom stereocenters. The number of nitrogens with zero attached hydrogens (tertiary/aromatic N) is 2. The second-order valence-corrected chi connectivity index (χ2v) is 5.03. The Bertz CT molecular complexity index is 428. The summed E-state index contributed by atoms with van der Waals surface area (Å²) >= 11 is 0. The van der Waals surface area contributed by atoms with Crippen molar-refractivity contribution in [2.75, 3.05) is 31.5 Å². The van der Waals surface area contributed by atoms with Crippen LogP contribution in [0.25, 0.3) is 0 Å². The highest BCUT2D eigenvalue weighted by molar-refractivity contribution is 5.61. The van der Waals surface area contributed by atoms with Crippen molar-refractivity contribution in [1.82, 2.24) is 4.90 Å². The van der Waals surface area contributed by atoms with Crippen LogP contribution in [0, 0.1) is 16.0 Å². The van der Waals surface area contributed by atoms with Crippen molar-refractivity contribution in [2.24, 2.45) is 5.92 Å². The van der Waals surface area contributed by atoms with Crippen LogP contribution >= 0.6 is 0 Å². The minimum absolute atomic E-state index is 0.161. The van der Waals surface area contributed by atoms with Crippen molar-refractivity contribution < 1.29 is 4.92 Å². The highest BCUT2D eigenvalue weighted by Gasteiger charge is 2.19. The van der Waals surface area contributed by atoms with Crippen LogP contribution in [-0.4, -0.2) is 36.0 Å². The van der Waals surface area contributed by atoms with Gasteiger partial charge in [-0.15, -0.1) is 0 Å². The minimum Gasteiger partial charge on any atom is -0.379 e. The maximum Gasteiger partial charge on any atom is 0.292 e. The molecule has 19 heavy (non-hydrogen) atoms. The number of rotatable bonds is 5. The number of anilines is 1. The smallest absolute Gasteiger partial charge is 0.292 e. The second-order valence-electron chi connectivity index (χ2n) is 5.03. The molecule has 1 aliphatic heterocycles. The minimum atomic E-state index is -0.331. The van der Waals surface area contributed by atoms with E-state index < -0.39 is 0 Å². The molecule has 2 rings (SSSR count). The third kappa shape index (κ3) is 3.67. The quantitative estimate of drug-likeness (QED) is 0.655. The molecule has 1 saturated heterocycles. The van der Waals surface area contributed by atoms with E-state index in [0.717, 1.165) is 26.2 Å². The van der Waals surface area contributed by atoms with E-state index in [1.807, 2.05) is 6.07 Å². The molecule has 0 atom stereocenters. The maximum atomic E-state index is 10.9. The van der Waals surface area contributed by atoms with Crippen LogP contribution in [0.3, 0.4) is 0 Å². The van der Waals surface area contributed by atoms with Gasteiger partial charge in [-0.2, -0.15) is 0 Å². The first-order valence-corrected chi connectivity index (χ1v) is 6.90. The summed E-state index contributed by atoms with van der Waals surface area (Å²) in [5, 5.41) is 14.2. The Morgan fingerprint density at radius 1 is 1.37 bits per heavy atom. The monoisotopic (exact) mass is 263 g/mol. The van der Waals surface area contributed by atoms with Crippen LogP contribution in [0.15, 0.2) is 24.3 Å². The molecule has 1 fully saturated rings. The van der Waals surface area contributed by atoms with Crippen LogP contribution < -0.4 is 5.32 Å². The molecular formula is C14H21N3O2. The number of hydrogen-bond acceptors (Lipinski definition) is 4. The molecule has 1 aromatic carbocycles. The number of benzene rings is 1. The van der Waals surface area contributed by atoms with Crippen molar-refractivity contribution in [3.63, 3.8) is 0 Å². The second kappa shape index (κ2) is 6.52. The lowest BCUT2D eigenvalue weighted by Crippen LogP contribution is -2.35. The van der Waals surface area contributed by atoms with Gasteiger partial charge in [0.25, 0.3) is 5.69 Å². The Morgan fingerprint density at radius 3 is 2.68 bits per heavy atom. The van der Waals surface area contributed by atoms with Crippen LogP contribution in [0.1, 0.15) is 19.8 Å². The Morgan fingerprint density at radius 2 is 2.05 bits per heavy atom. The molecule has 0 aliphatic carbocycles. The molecule has 1 N–H and O–H groups in total. The van der Waals surface area contributed by atoms with Gasteiger partial charge in [-0.05, 0) is 44.5 Å². The molecule has 0 radical (unpaired) electrons. The van der Waals surface area contributed by atoms with Crippen molar-refractivity contribution in [3.05, 3.63) is 34.4 Å². The third-order valence-electron chi connectivity index (χ3n) is 3.84. The van der Waals surface area contributed by atoms with E-state index in [-0.39, 0.29) is 10.6 Å². The summed E-state index contributed by atoms with van der Waals surface area (Å²) in [5.41, 5.74) is 0.791. The number of para-hydroxylation sites is 2. The van der Waals surface area contributed by atoms with E-state index in [4.69, 9.17) is 0 Å². The topological polar surface area (TPSA) is 58.4 Å². The van der Waals surface area contributed by atoms with Gasteiger partial charge in [0.15, 0.2) is 0 Å². The van der Waals surface area contributed by atoms with E-state index in [2.05, 4.69) is 17.1 Å². The molecule has 5 nitrogen and oxygen atoms in total. The highest BCUT2D eigenvalue weighted by atomic mass is 16.6. The SMILES string of the molecule is CCN1CCC(CNc2ccccc2[N+](=O)[O-])CC1. The van der Waals surface area contributed by atoms with Gasteiger partial charge in [-0.1, -0.05) is 19.1 Å². The Labute approximate surface area is 113 Å². The summed E-state index contributed by atoms with van der Waals surface area (Å²) in [4.78, 5) is 13.0. The molecule has 0 aromatic heterocycles. The summed E-state index contributed by atoms with van der Waals surface area (Å²) in [6, 6.07) is 6.85. The summed E-state index contributed by atoms with van der Waals surface area (Å²) in [5.74, 6) is 0.614. The number of nitro groups is 1. The van der Waals surface area contributed by atoms with Crippen molar-refractivity contribution >= 4 is 11.4 Å². The maximum absolute atomic E-state index is 10.9. The Balaban J connectivity index is 1.88. The molecular weight excluding hydrogens is 242 g/mol. The predicted octanol–water partition coefficient (Wildman–Crippen LogP) is 2.74. The molecule has 104 valence electrons. The van der Waals surface area contributed by atoms with E-state index in [0.29, 0.717) is 11.6 Å². The number of hydrogen-bond donors (Lipinski definition) is 1. The average Bonchev–Trinajstić information content (AvgIpc) is 2.46. The van der Waals surface area contributed by atoms with Crippen molar-refractivity contribution in [1.29, 1.82) is 0 Å². The number of nitro benzene ring substituents is 1. The fraction of sp³-hybridized carbons (Fsp3) is 0.571. The van der Waals surface area contributed by atoms with E-state index in [1.165, 1.54) is 12.8 Å². The lowest BCUT2D eigenvalue weighted by molar-refractivity contribution is -0.384. The van der Waals surface area contributed by atoms with E-state index in [9.17, 15) is 10.1 Å². The molecule has 0 amide bonds. The molecule has 1 aliphatic rings. The van der Waals surface area contributed by atoms with Gasteiger partial charge in [0.2, 0.25) is 0 Å². The first kappa shape index (κ1) is 13.8. The fourth-order valence-corrected chi connectivity index (χ4v) is 2.54. The summed E-state index contributed by atoms with van der Waals surface area (Å²) in [6.07, 6.45) is 2.34. The van der Waals surface area contributed by atoms with Crippen molar-refractivity contribution in [2.45, 2.75) is 19.8 Å². The molecule has 1 heterocycles. The normalized spacial score (nSPS) is 17.3. The van der Waals surface area contributed by atoms with E-state index >= 15 is 0 Å². The van der Waals surface area contributed by atoms with Crippen molar-refractivity contribution in [3.8, 4) is 0 Å². The lowest BCUT2D eigenvalue weighted by atomic mass is 9.97. The van der Waals surface area contributed by atoms with Gasteiger partial charge in [-0.25, -0.2) is 0 Å². The number of nitrogens with one attached hydrogen (secondary N) is 1. The van der Waals surface area contributed by atoms with Gasteiger partial charge in [0, 0.05) is 12.6 Å². The van der Waals surface area contributed by atoms with Crippen LogP contribution in [-0.2, 0) is 0 Å². The van der Waals surface area contributed by atoms with Gasteiger partial charge in [0.1, 0.15) is 5.69 Å². The molecule has 5 heteroatoms. The largest absolute Gasteiger partial charge is 0.379 e. The first-order valence-electron chi connectivity index (χ1n) is 6.90. The Kier molecular flexibility index (Phi) is 4.74. The van der Waals surface area contributed by atoms with Gasteiger partial charge < -0.3 is 10.2 Å². The average molecular weight is 263 g/mol. The summed E-state index contributed by atoms with van der Waals surface area (Å²) in [6.45, 7) is 6.40. The zero-order valence-electron chi connectivity index (χ0n) is 11.3. The molecule has 0 spiro atoms. The van der Waals surface area contributed by atoms with Crippen LogP contribution in [0.5, 0.6) is 0 Å². The van der Waals surface area contributed by atoms with E-state index in [1.54, 1.807) is 18.2 Å². The summed E-state index contributed by atoms with van der Waals surface area (Å²) < 4.78 is 0. The Hall–Kier alpha value is -1.62. The van der Waals surface area contributed by atoms with Gasteiger partial charge >= 0.3 is 0 Å². The van der Waals surface area contributed by atoms with Crippen LogP contribution in [0.2, 0.25) is 0 Å². The standard InChI is InChI=1S/C14H21N3O2/c1-2-16-9-7-12(8-10-16)11-15-13-5-3-4-6-14(13)17(18)19/h3-6,12,15H,2,7-11H2,1H3. The van der Waals surface area contributed by atoms with Gasteiger partial charge in [0.05, 0.1) is 4.92 Å². The lowest BCUT2D eigenvalue weighted by Gasteiger charge is -2.31. The molecule has 0 saturated carbocycles. The molecule has 0 bridgehead atoms.